The zero-order valence-electron chi connectivity index (χ0n) is 12.8. The van der Waals surface area contributed by atoms with Gasteiger partial charge in [0, 0.05) is 23.8 Å². The number of carbonyl (C=O) groups is 2. The number of aliphatic carboxylic acids is 1. The summed E-state index contributed by atoms with van der Waals surface area (Å²) in [6.07, 6.45) is 4.50. The van der Waals surface area contributed by atoms with Crippen LogP contribution in [0.5, 0.6) is 0 Å². The summed E-state index contributed by atoms with van der Waals surface area (Å²) >= 11 is 0. The van der Waals surface area contributed by atoms with Gasteiger partial charge in [0.2, 0.25) is 0 Å². The largest absolute Gasteiger partial charge is 0.481 e. The number of benzene rings is 1. The lowest BCUT2D eigenvalue weighted by Gasteiger charge is -2.37. The van der Waals surface area contributed by atoms with E-state index < -0.39 is 11.9 Å². The molecule has 1 aliphatic rings. The SMILES string of the molecule is C[C@@H]1[C@H](C(=O)O)CCCN1C(=O)c1ccc(-n2cnnc2)cc1. The summed E-state index contributed by atoms with van der Waals surface area (Å²) in [4.78, 5) is 25.6. The van der Waals surface area contributed by atoms with Crippen LogP contribution in [0.1, 0.15) is 30.1 Å². The minimum absolute atomic E-state index is 0.126. The maximum absolute atomic E-state index is 12.7. The van der Waals surface area contributed by atoms with E-state index in [1.807, 2.05) is 12.1 Å². The number of amides is 1. The molecule has 1 N–H and O–H groups in total. The molecular formula is C16H18N4O3. The molecule has 0 unspecified atom stereocenters. The number of carboxylic acids is 1. The Kier molecular flexibility index (Phi) is 4.10. The fraction of sp³-hybridized carbons (Fsp3) is 0.375. The van der Waals surface area contributed by atoms with Crippen LogP contribution in [0.2, 0.25) is 0 Å². The van der Waals surface area contributed by atoms with Crippen molar-refractivity contribution in [3.05, 3.63) is 42.5 Å². The van der Waals surface area contributed by atoms with Crippen LogP contribution in [0.3, 0.4) is 0 Å². The standard InChI is InChI=1S/C16H18N4O3/c1-11-14(16(22)23)3-2-8-20(11)15(21)12-4-6-13(7-5-12)19-9-17-18-10-19/h4-7,9-11,14H,2-3,8H2,1H3,(H,22,23)/t11-,14-/m1/s1. The van der Waals surface area contributed by atoms with E-state index in [0.717, 1.165) is 5.69 Å². The fourth-order valence-electron chi connectivity index (χ4n) is 3.04. The molecule has 2 heterocycles. The molecule has 1 aromatic carbocycles. The monoisotopic (exact) mass is 314 g/mol. The third kappa shape index (κ3) is 2.94. The van der Waals surface area contributed by atoms with Crippen LogP contribution in [-0.4, -0.2) is 49.2 Å². The van der Waals surface area contributed by atoms with Gasteiger partial charge < -0.3 is 10.0 Å². The smallest absolute Gasteiger partial charge is 0.308 e. The van der Waals surface area contributed by atoms with E-state index >= 15 is 0 Å². The molecule has 1 aliphatic heterocycles. The van der Waals surface area contributed by atoms with Crippen LogP contribution in [-0.2, 0) is 4.79 Å². The number of carboxylic acid groups (broad SMARTS) is 1. The van der Waals surface area contributed by atoms with Crippen molar-refractivity contribution in [1.29, 1.82) is 0 Å². The highest BCUT2D eigenvalue weighted by Crippen LogP contribution is 2.25. The lowest BCUT2D eigenvalue weighted by Crippen LogP contribution is -2.49. The average molecular weight is 314 g/mol. The highest BCUT2D eigenvalue weighted by atomic mass is 16.4. The molecule has 0 radical (unpaired) electrons. The first-order chi connectivity index (χ1) is 11.1. The van der Waals surface area contributed by atoms with Crippen molar-refractivity contribution >= 4 is 11.9 Å². The molecule has 1 fully saturated rings. The first-order valence-corrected chi connectivity index (χ1v) is 7.57. The number of hydrogen-bond donors (Lipinski definition) is 1. The van der Waals surface area contributed by atoms with Crippen LogP contribution >= 0.6 is 0 Å². The lowest BCUT2D eigenvalue weighted by molar-refractivity contribution is -0.144. The van der Waals surface area contributed by atoms with Gasteiger partial charge in [0.25, 0.3) is 5.91 Å². The maximum atomic E-state index is 12.7. The van der Waals surface area contributed by atoms with Gasteiger partial charge in [0.1, 0.15) is 12.7 Å². The van der Waals surface area contributed by atoms with Gasteiger partial charge in [-0.15, -0.1) is 10.2 Å². The molecule has 1 saturated heterocycles. The molecule has 3 rings (SSSR count). The highest BCUT2D eigenvalue weighted by molar-refractivity contribution is 5.95. The first-order valence-electron chi connectivity index (χ1n) is 7.57. The Morgan fingerprint density at radius 2 is 1.83 bits per heavy atom. The van der Waals surface area contributed by atoms with Crippen molar-refractivity contribution in [3.8, 4) is 5.69 Å². The van der Waals surface area contributed by atoms with Gasteiger partial charge in [0.05, 0.1) is 5.92 Å². The van der Waals surface area contributed by atoms with Gasteiger partial charge in [-0.3, -0.25) is 14.2 Å². The quantitative estimate of drug-likeness (QED) is 0.929. The summed E-state index contributed by atoms with van der Waals surface area (Å²) < 4.78 is 1.75. The third-order valence-electron chi connectivity index (χ3n) is 4.40. The molecule has 0 aliphatic carbocycles. The normalized spacial score (nSPS) is 21.2. The summed E-state index contributed by atoms with van der Waals surface area (Å²) in [6, 6.07) is 6.83. The Morgan fingerprint density at radius 3 is 2.43 bits per heavy atom. The Morgan fingerprint density at radius 1 is 1.17 bits per heavy atom. The summed E-state index contributed by atoms with van der Waals surface area (Å²) in [5.74, 6) is -1.46. The molecule has 0 bridgehead atoms. The van der Waals surface area contributed by atoms with Gasteiger partial charge >= 0.3 is 5.97 Å². The second kappa shape index (κ2) is 6.20. The van der Waals surface area contributed by atoms with Crippen molar-refractivity contribution in [1.82, 2.24) is 19.7 Å². The molecular weight excluding hydrogens is 296 g/mol. The summed E-state index contributed by atoms with van der Waals surface area (Å²) in [5.41, 5.74) is 1.42. The number of carbonyl (C=O) groups excluding carboxylic acids is 1. The Labute approximate surface area is 133 Å². The van der Waals surface area contributed by atoms with E-state index in [9.17, 15) is 14.7 Å². The van der Waals surface area contributed by atoms with Crippen molar-refractivity contribution in [2.24, 2.45) is 5.92 Å². The van der Waals surface area contributed by atoms with E-state index in [-0.39, 0.29) is 11.9 Å². The van der Waals surface area contributed by atoms with Crippen LogP contribution in [0, 0.1) is 5.92 Å². The van der Waals surface area contributed by atoms with Crippen molar-refractivity contribution < 1.29 is 14.7 Å². The van der Waals surface area contributed by atoms with Crippen molar-refractivity contribution in [2.75, 3.05) is 6.54 Å². The number of piperidine rings is 1. The molecule has 1 aromatic heterocycles. The number of rotatable bonds is 3. The zero-order chi connectivity index (χ0) is 16.4. The Bertz CT molecular complexity index is 697. The molecule has 1 amide bonds. The van der Waals surface area contributed by atoms with Crippen molar-refractivity contribution in [2.45, 2.75) is 25.8 Å². The lowest BCUT2D eigenvalue weighted by atomic mass is 9.90. The van der Waals surface area contributed by atoms with E-state index in [4.69, 9.17) is 0 Å². The number of aromatic nitrogens is 3. The maximum Gasteiger partial charge on any atom is 0.308 e. The van der Waals surface area contributed by atoms with Gasteiger partial charge in [-0.25, -0.2) is 0 Å². The van der Waals surface area contributed by atoms with Gasteiger partial charge in [-0.2, -0.15) is 0 Å². The van der Waals surface area contributed by atoms with E-state index in [0.29, 0.717) is 24.9 Å². The van der Waals surface area contributed by atoms with Crippen LogP contribution in [0.15, 0.2) is 36.9 Å². The zero-order valence-corrected chi connectivity index (χ0v) is 12.8. The number of hydrogen-bond acceptors (Lipinski definition) is 4. The molecule has 2 aromatic rings. The molecule has 23 heavy (non-hydrogen) atoms. The van der Waals surface area contributed by atoms with Gasteiger partial charge in [0.15, 0.2) is 0 Å². The van der Waals surface area contributed by atoms with Crippen molar-refractivity contribution in [3.63, 3.8) is 0 Å². The highest BCUT2D eigenvalue weighted by Gasteiger charge is 2.35. The molecule has 0 spiro atoms. The summed E-state index contributed by atoms with van der Waals surface area (Å²) in [6.45, 7) is 2.40. The van der Waals surface area contributed by atoms with E-state index in [2.05, 4.69) is 10.2 Å². The minimum Gasteiger partial charge on any atom is -0.481 e. The summed E-state index contributed by atoms with van der Waals surface area (Å²) in [7, 11) is 0. The third-order valence-corrected chi connectivity index (χ3v) is 4.40. The predicted molar refractivity (Wildman–Crippen MR) is 82.2 cm³/mol. The van der Waals surface area contributed by atoms with Crippen LogP contribution in [0.4, 0.5) is 0 Å². The van der Waals surface area contributed by atoms with Gasteiger partial charge in [-0.05, 0) is 44.0 Å². The average Bonchev–Trinajstić information content (AvgIpc) is 3.09. The Hall–Kier alpha value is -2.70. The molecule has 120 valence electrons. The first kappa shape index (κ1) is 15.2. The minimum atomic E-state index is -0.835. The second-order valence-corrected chi connectivity index (χ2v) is 5.74. The van der Waals surface area contributed by atoms with Crippen LogP contribution in [0.25, 0.3) is 5.69 Å². The van der Waals surface area contributed by atoms with E-state index in [1.54, 1.807) is 41.2 Å². The molecule has 7 nitrogen and oxygen atoms in total. The second-order valence-electron chi connectivity index (χ2n) is 5.74. The van der Waals surface area contributed by atoms with Crippen LogP contribution < -0.4 is 0 Å². The predicted octanol–water partition coefficient (Wildman–Crippen LogP) is 1.59. The molecule has 7 heteroatoms. The summed E-state index contributed by atoms with van der Waals surface area (Å²) in [5, 5.41) is 16.8. The Balaban J connectivity index is 1.78. The van der Waals surface area contributed by atoms with E-state index in [1.165, 1.54) is 0 Å². The fourth-order valence-corrected chi connectivity index (χ4v) is 3.04. The number of nitrogens with zero attached hydrogens (tertiary/aromatic N) is 4. The number of likely N-dealkylation sites (tertiary alicyclic amines) is 1. The van der Waals surface area contributed by atoms with Gasteiger partial charge in [-0.1, -0.05) is 0 Å². The molecule has 2 atom stereocenters. The molecule has 0 saturated carbocycles. The topological polar surface area (TPSA) is 88.3 Å².